The summed E-state index contributed by atoms with van der Waals surface area (Å²) < 4.78 is 0. The van der Waals surface area contributed by atoms with E-state index in [1.807, 2.05) is 4.90 Å². The molecule has 0 radical (unpaired) electrons. The number of likely N-dealkylation sites (N-methyl/N-ethyl adjacent to an activating group) is 1. The Hall–Kier alpha value is -0.610. The highest BCUT2D eigenvalue weighted by atomic mass is 16.4. The van der Waals surface area contributed by atoms with E-state index in [4.69, 9.17) is 5.11 Å². The molecular formula is C11H22N2O2. The van der Waals surface area contributed by atoms with Gasteiger partial charge in [-0.15, -0.1) is 0 Å². The predicted octanol–water partition coefficient (Wildman–Crippen LogP) is 0.733. The van der Waals surface area contributed by atoms with Crippen molar-refractivity contribution in [3.8, 4) is 0 Å². The van der Waals surface area contributed by atoms with E-state index in [0.717, 1.165) is 26.2 Å². The van der Waals surface area contributed by atoms with Crippen molar-refractivity contribution < 1.29 is 9.90 Å². The summed E-state index contributed by atoms with van der Waals surface area (Å²) in [6.45, 7) is 10.6. The normalized spacial score (nSPS) is 24.7. The highest BCUT2D eigenvalue weighted by Gasteiger charge is 2.28. The van der Waals surface area contributed by atoms with Crippen LogP contribution in [0.5, 0.6) is 0 Å². The number of carboxylic acid groups (broad SMARTS) is 1. The molecule has 1 aliphatic heterocycles. The zero-order chi connectivity index (χ0) is 11.4. The lowest BCUT2D eigenvalue weighted by molar-refractivity contribution is -0.139. The quantitative estimate of drug-likeness (QED) is 0.749. The summed E-state index contributed by atoms with van der Waals surface area (Å²) in [5.41, 5.74) is 0. The topological polar surface area (TPSA) is 43.8 Å². The minimum Gasteiger partial charge on any atom is -0.480 e. The molecule has 15 heavy (non-hydrogen) atoms. The zero-order valence-electron chi connectivity index (χ0n) is 9.94. The van der Waals surface area contributed by atoms with Gasteiger partial charge in [-0.05, 0) is 12.5 Å². The van der Waals surface area contributed by atoms with Gasteiger partial charge in [0.15, 0.2) is 0 Å². The smallest absolute Gasteiger partial charge is 0.317 e. The van der Waals surface area contributed by atoms with Crippen molar-refractivity contribution in [2.75, 3.05) is 32.7 Å². The summed E-state index contributed by atoms with van der Waals surface area (Å²) >= 11 is 0. The highest BCUT2D eigenvalue weighted by molar-refractivity contribution is 5.69. The minimum atomic E-state index is -0.720. The Morgan fingerprint density at radius 3 is 2.60 bits per heavy atom. The van der Waals surface area contributed by atoms with E-state index < -0.39 is 5.97 Å². The number of carboxylic acids is 1. The third kappa shape index (κ3) is 3.47. The SMILES string of the molecule is CCN1CCN(CC(=O)O)CC1C(C)C. The molecule has 4 nitrogen and oxygen atoms in total. The average molecular weight is 214 g/mol. The number of piperazine rings is 1. The maximum atomic E-state index is 10.6. The van der Waals surface area contributed by atoms with Crippen molar-refractivity contribution in [2.24, 2.45) is 5.92 Å². The summed E-state index contributed by atoms with van der Waals surface area (Å²) in [5, 5.41) is 8.76. The van der Waals surface area contributed by atoms with Crippen LogP contribution < -0.4 is 0 Å². The fourth-order valence-corrected chi connectivity index (χ4v) is 2.27. The molecule has 1 N–H and O–H groups in total. The minimum absolute atomic E-state index is 0.181. The van der Waals surface area contributed by atoms with Gasteiger partial charge in [-0.2, -0.15) is 0 Å². The van der Waals surface area contributed by atoms with Gasteiger partial charge < -0.3 is 5.11 Å². The number of aliphatic carboxylic acids is 1. The van der Waals surface area contributed by atoms with Crippen molar-refractivity contribution in [1.82, 2.24) is 9.80 Å². The van der Waals surface area contributed by atoms with E-state index in [2.05, 4.69) is 25.7 Å². The molecular weight excluding hydrogens is 192 g/mol. The molecule has 0 aromatic carbocycles. The molecule has 0 saturated carbocycles. The number of carbonyl (C=O) groups is 1. The molecule has 0 aromatic heterocycles. The van der Waals surface area contributed by atoms with Gasteiger partial charge in [0.05, 0.1) is 6.54 Å². The average Bonchev–Trinajstić information content (AvgIpc) is 2.16. The van der Waals surface area contributed by atoms with E-state index in [0.29, 0.717) is 12.0 Å². The number of hydrogen-bond donors (Lipinski definition) is 1. The van der Waals surface area contributed by atoms with Gasteiger partial charge in [0, 0.05) is 25.7 Å². The van der Waals surface area contributed by atoms with Crippen LogP contribution in [-0.2, 0) is 4.79 Å². The van der Waals surface area contributed by atoms with Gasteiger partial charge in [-0.1, -0.05) is 20.8 Å². The van der Waals surface area contributed by atoms with Gasteiger partial charge in [0.25, 0.3) is 0 Å². The maximum absolute atomic E-state index is 10.6. The van der Waals surface area contributed by atoms with Crippen molar-refractivity contribution >= 4 is 5.97 Å². The first kappa shape index (κ1) is 12.5. The Balaban J connectivity index is 2.53. The lowest BCUT2D eigenvalue weighted by Gasteiger charge is -2.42. The summed E-state index contributed by atoms with van der Waals surface area (Å²) in [4.78, 5) is 15.1. The molecule has 4 heteroatoms. The number of rotatable bonds is 4. The molecule has 0 aliphatic carbocycles. The van der Waals surface area contributed by atoms with Crippen molar-refractivity contribution in [3.05, 3.63) is 0 Å². The number of hydrogen-bond acceptors (Lipinski definition) is 3. The number of nitrogens with zero attached hydrogens (tertiary/aromatic N) is 2. The van der Waals surface area contributed by atoms with Gasteiger partial charge in [0.1, 0.15) is 0 Å². The second kappa shape index (κ2) is 5.47. The van der Waals surface area contributed by atoms with Crippen LogP contribution in [-0.4, -0.2) is 59.6 Å². The second-order valence-electron chi connectivity index (χ2n) is 4.57. The van der Waals surface area contributed by atoms with E-state index in [1.165, 1.54) is 0 Å². The molecule has 1 saturated heterocycles. The lowest BCUT2D eigenvalue weighted by Crippen LogP contribution is -2.55. The van der Waals surface area contributed by atoms with Crippen LogP contribution >= 0.6 is 0 Å². The van der Waals surface area contributed by atoms with Crippen molar-refractivity contribution in [3.63, 3.8) is 0 Å². The Labute approximate surface area is 91.9 Å². The standard InChI is InChI=1S/C11H22N2O2/c1-4-13-6-5-12(8-11(14)15)7-10(13)9(2)3/h9-10H,4-8H2,1-3H3,(H,14,15). The first-order valence-electron chi connectivity index (χ1n) is 5.72. The molecule has 0 aromatic rings. The van der Waals surface area contributed by atoms with Crippen LogP contribution in [0.4, 0.5) is 0 Å². The molecule has 1 fully saturated rings. The highest BCUT2D eigenvalue weighted by Crippen LogP contribution is 2.16. The molecule has 1 aliphatic rings. The summed E-state index contributed by atoms with van der Waals surface area (Å²) in [7, 11) is 0. The monoisotopic (exact) mass is 214 g/mol. The molecule has 88 valence electrons. The molecule has 1 unspecified atom stereocenters. The van der Waals surface area contributed by atoms with Gasteiger partial charge >= 0.3 is 5.97 Å². The second-order valence-corrected chi connectivity index (χ2v) is 4.57. The Morgan fingerprint density at radius 1 is 1.47 bits per heavy atom. The predicted molar refractivity (Wildman–Crippen MR) is 59.9 cm³/mol. The van der Waals surface area contributed by atoms with Crippen LogP contribution in [0.3, 0.4) is 0 Å². The van der Waals surface area contributed by atoms with Gasteiger partial charge in [0.2, 0.25) is 0 Å². The van der Waals surface area contributed by atoms with E-state index in [-0.39, 0.29) is 6.54 Å². The first-order chi connectivity index (χ1) is 7.04. The Kier molecular flexibility index (Phi) is 4.54. The maximum Gasteiger partial charge on any atom is 0.317 e. The van der Waals surface area contributed by atoms with Crippen molar-refractivity contribution in [1.29, 1.82) is 0 Å². The fourth-order valence-electron chi connectivity index (χ4n) is 2.27. The largest absolute Gasteiger partial charge is 0.480 e. The molecule has 1 heterocycles. The fraction of sp³-hybridized carbons (Fsp3) is 0.909. The van der Waals surface area contributed by atoms with Crippen molar-refractivity contribution in [2.45, 2.75) is 26.8 Å². The summed E-state index contributed by atoms with van der Waals surface area (Å²) in [6.07, 6.45) is 0. The Morgan fingerprint density at radius 2 is 2.13 bits per heavy atom. The third-order valence-corrected chi connectivity index (χ3v) is 3.15. The van der Waals surface area contributed by atoms with Gasteiger partial charge in [-0.3, -0.25) is 14.6 Å². The van der Waals surface area contributed by atoms with Crippen LogP contribution in [0.15, 0.2) is 0 Å². The molecule has 1 rings (SSSR count). The third-order valence-electron chi connectivity index (χ3n) is 3.15. The van der Waals surface area contributed by atoms with E-state index in [1.54, 1.807) is 0 Å². The van der Waals surface area contributed by atoms with E-state index >= 15 is 0 Å². The van der Waals surface area contributed by atoms with Crippen LogP contribution in [0.25, 0.3) is 0 Å². The summed E-state index contributed by atoms with van der Waals surface area (Å²) in [6, 6.07) is 0.503. The molecule has 0 spiro atoms. The Bertz CT molecular complexity index is 219. The molecule has 0 amide bonds. The van der Waals surface area contributed by atoms with Gasteiger partial charge in [-0.25, -0.2) is 0 Å². The zero-order valence-corrected chi connectivity index (χ0v) is 9.94. The summed E-state index contributed by atoms with van der Waals surface area (Å²) in [5.74, 6) is -0.135. The van der Waals surface area contributed by atoms with Crippen LogP contribution in [0.1, 0.15) is 20.8 Å². The van der Waals surface area contributed by atoms with Crippen LogP contribution in [0.2, 0.25) is 0 Å². The first-order valence-corrected chi connectivity index (χ1v) is 5.72. The lowest BCUT2D eigenvalue weighted by atomic mass is 9.99. The van der Waals surface area contributed by atoms with E-state index in [9.17, 15) is 4.79 Å². The van der Waals surface area contributed by atoms with Crippen LogP contribution in [0, 0.1) is 5.92 Å². The molecule has 0 bridgehead atoms. The molecule has 1 atom stereocenters.